The monoisotopic (exact) mass is 321 g/mol. The lowest BCUT2D eigenvalue weighted by Gasteiger charge is -2.18. The predicted molar refractivity (Wildman–Crippen MR) is 82.2 cm³/mol. The second-order valence-electron chi connectivity index (χ2n) is 5.14. The third-order valence-electron chi connectivity index (χ3n) is 3.55. The van der Waals surface area contributed by atoms with E-state index in [2.05, 4.69) is 20.9 Å². The Labute approximate surface area is 132 Å². The van der Waals surface area contributed by atoms with Crippen LogP contribution in [0.5, 0.6) is 5.75 Å². The van der Waals surface area contributed by atoms with Crippen LogP contribution in [-0.4, -0.2) is 27.6 Å². The summed E-state index contributed by atoms with van der Waals surface area (Å²) >= 11 is 6.14. The molecule has 0 saturated carbocycles. The Balaban J connectivity index is 1.74. The number of aromatic nitrogens is 3. The van der Waals surface area contributed by atoms with E-state index in [-0.39, 0.29) is 12.1 Å². The van der Waals surface area contributed by atoms with Crippen molar-refractivity contribution >= 4 is 23.4 Å². The number of nitrogens with one attached hydrogen (secondary N) is 2. The number of benzene rings is 1. The standard InChI is InChI=1S/C14H16ClN5O2/c1-8(17-14(21)18-12-7-16-19-20(12)2)11-6-10(15)5-9-3-4-22-13(9)11/h5-8H,3-4H2,1-2H3,(H2,17,18,21). The molecule has 1 unspecified atom stereocenters. The summed E-state index contributed by atoms with van der Waals surface area (Å²) in [6.07, 6.45) is 2.31. The SMILES string of the molecule is CC(NC(=O)Nc1cnnn1C)c1cc(Cl)cc2c1OCC2. The summed E-state index contributed by atoms with van der Waals surface area (Å²) in [5.74, 6) is 1.33. The molecular formula is C14H16ClN5O2. The van der Waals surface area contributed by atoms with Crippen LogP contribution >= 0.6 is 11.6 Å². The number of nitrogens with zero attached hydrogens (tertiary/aromatic N) is 3. The maximum atomic E-state index is 12.1. The molecule has 2 aromatic rings. The number of ether oxygens (including phenoxy) is 1. The fraction of sp³-hybridized carbons (Fsp3) is 0.357. The van der Waals surface area contributed by atoms with Gasteiger partial charge in [-0.15, -0.1) is 5.10 Å². The van der Waals surface area contributed by atoms with E-state index in [9.17, 15) is 4.79 Å². The Bertz CT molecular complexity index is 715. The van der Waals surface area contributed by atoms with Gasteiger partial charge in [-0.2, -0.15) is 0 Å². The second kappa shape index (κ2) is 5.84. The summed E-state index contributed by atoms with van der Waals surface area (Å²) in [7, 11) is 1.70. The van der Waals surface area contributed by atoms with Crippen LogP contribution in [0.4, 0.5) is 10.6 Å². The van der Waals surface area contributed by atoms with Crippen LogP contribution in [0.1, 0.15) is 24.1 Å². The zero-order valence-electron chi connectivity index (χ0n) is 12.3. The number of fused-ring (bicyclic) bond motifs is 1. The molecule has 0 radical (unpaired) electrons. The minimum absolute atomic E-state index is 0.244. The molecule has 1 atom stereocenters. The number of aryl methyl sites for hydroxylation is 1. The van der Waals surface area contributed by atoms with Crippen LogP contribution < -0.4 is 15.4 Å². The number of carbonyl (C=O) groups is 1. The smallest absolute Gasteiger partial charge is 0.320 e. The Hall–Kier alpha value is -2.28. The molecule has 2 amide bonds. The average molecular weight is 322 g/mol. The minimum atomic E-state index is -0.343. The van der Waals surface area contributed by atoms with Crippen LogP contribution in [0.3, 0.4) is 0 Å². The number of amides is 2. The van der Waals surface area contributed by atoms with Crippen LogP contribution in [0.2, 0.25) is 5.02 Å². The molecule has 7 nitrogen and oxygen atoms in total. The van der Waals surface area contributed by atoms with Gasteiger partial charge in [-0.3, -0.25) is 5.32 Å². The van der Waals surface area contributed by atoms with Crippen molar-refractivity contribution < 1.29 is 9.53 Å². The molecule has 1 aromatic heterocycles. The number of carbonyl (C=O) groups excluding carboxylic acids is 1. The average Bonchev–Trinajstić information content (AvgIpc) is 3.07. The fourth-order valence-electron chi connectivity index (χ4n) is 2.45. The summed E-state index contributed by atoms with van der Waals surface area (Å²) in [5, 5.41) is 13.6. The van der Waals surface area contributed by atoms with E-state index in [1.807, 2.05) is 19.1 Å². The van der Waals surface area contributed by atoms with E-state index in [0.717, 1.165) is 23.3 Å². The van der Waals surface area contributed by atoms with Crippen LogP contribution in [0, 0.1) is 0 Å². The van der Waals surface area contributed by atoms with Gasteiger partial charge in [-0.25, -0.2) is 9.48 Å². The Morgan fingerprint density at radius 3 is 3.05 bits per heavy atom. The highest BCUT2D eigenvalue weighted by Gasteiger charge is 2.22. The number of anilines is 1. The molecular weight excluding hydrogens is 306 g/mol. The largest absolute Gasteiger partial charge is 0.493 e. The molecule has 3 rings (SSSR count). The van der Waals surface area contributed by atoms with E-state index in [4.69, 9.17) is 16.3 Å². The van der Waals surface area contributed by atoms with Gasteiger partial charge < -0.3 is 10.1 Å². The first kappa shape index (κ1) is 14.6. The summed E-state index contributed by atoms with van der Waals surface area (Å²) in [4.78, 5) is 12.1. The van der Waals surface area contributed by atoms with Gasteiger partial charge in [-0.1, -0.05) is 16.8 Å². The molecule has 1 aliphatic heterocycles. The molecule has 0 bridgehead atoms. The first-order valence-electron chi connectivity index (χ1n) is 6.92. The highest BCUT2D eigenvalue weighted by atomic mass is 35.5. The third-order valence-corrected chi connectivity index (χ3v) is 3.77. The summed E-state index contributed by atoms with van der Waals surface area (Å²) in [6.45, 7) is 2.52. The number of halogens is 1. The first-order valence-corrected chi connectivity index (χ1v) is 7.29. The van der Waals surface area contributed by atoms with Gasteiger partial charge in [0.1, 0.15) is 5.75 Å². The number of hydrogen-bond donors (Lipinski definition) is 2. The van der Waals surface area contributed by atoms with E-state index in [1.165, 1.54) is 10.9 Å². The molecule has 2 heterocycles. The van der Waals surface area contributed by atoms with Crippen LogP contribution in [0.25, 0.3) is 0 Å². The molecule has 2 N–H and O–H groups in total. The van der Waals surface area contributed by atoms with Crippen molar-refractivity contribution in [2.75, 3.05) is 11.9 Å². The zero-order valence-corrected chi connectivity index (χ0v) is 13.0. The highest BCUT2D eigenvalue weighted by molar-refractivity contribution is 6.30. The summed E-state index contributed by atoms with van der Waals surface area (Å²) < 4.78 is 7.13. The molecule has 1 aromatic carbocycles. The molecule has 116 valence electrons. The van der Waals surface area contributed by atoms with E-state index in [1.54, 1.807) is 7.05 Å². The molecule has 1 aliphatic rings. The minimum Gasteiger partial charge on any atom is -0.493 e. The van der Waals surface area contributed by atoms with Crippen molar-refractivity contribution in [3.8, 4) is 5.75 Å². The van der Waals surface area contributed by atoms with Gasteiger partial charge >= 0.3 is 6.03 Å². The molecule has 0 saturated heterocycles. The van der Waals surface area contributed by atoms with Gasteiger partial charge in [0.05, 0.1) is 18.8 Å². The quantitative estimate of drug-likeness (QED) is 0.908. The van der Waals surface area contributed by atoms with Crippen LogP contribution in [0.15, 0.2) is 18.3 Å². The van der Waals surface area contributed by atoms with E-state index in [0.29, 0.717) is 17.4 Å². The zero-order chi connectivity index (χ0) is 15.7. The van der Waals surface area contributed by atoms with Gasteiger partial charge in [0, 0.05) is 24.1 Å². The third kappa shape index (κ3) is 2.85. The number of urea groups is 1. The Morgan fingerprint density at radius 2 is 2.32 bits per heavy atom. The highest BCUT2D eigenvalue weighted by Crippen LogP contribution is 2.36. The van der Waals surface area contributed by atoms with Gasteiger partial charge in [0.25, 0.3) is 0 Å². The maximum absolute atomic E-state index is 12.1. The lowest BCUT2D eigenvalue weighted by molar-refractivity contribution is 0.249. The molecule has 22 heavy (non-hydrogen) atoms. The second-order valence-corrected chi connectivity index (χ2v) is 5.58. The maximum Gasteiger partial charge on any atom is 0.320 e. The van der Waals surface area contributed by atoms with Crippen molar-refractivity contribution in [1.29, 1.82) is 0 Å². The normalized spacial score (nSPS) is 14.1. The van der Waals surface area contributed by atoms with Crippen molar-refractivity contribution in [2.24, 2.45) is 7.05 Å². The first-order chi connectivity index (χ1) is 10.5. The number of hydrogen-bond acceptors (Lipinski definition) is 4. The summed E-state index contributed by atoms with van der Waals surface area (Å²) in [5.41, 5.74) is 1.95. The predicted octanol–water partition coefficient (Wildman–Crippen LogP) is 2.29. The molecule has 0 spiro atoms. The van der Waals surface area contributed by atoms with Gasteiger partial charge in [0.2, 0.25) is 0 Å². The lowest BCUT2D eigenvalue weighted by atomic mass is 10.0. The van der Waals surface area contributed by atoms with E-state index < -0.39 is 0 Å². The number of rotatable bonds is 3. The van der Waals surface area contributed by atoms with Gasteiger partial charge in [0.15, 0.2) is 5.82 Å². The van der Waals surface area contributed by atoms with Crippen molar-refractivity contribution in [1.82, 2.24) is 20.3 Å². The topological polar surface area (TPSA) is 81.1 Å². The molecule has 8 heteroatoms. The van der Waals surface area contributed by atoms with Crippen molar-refractivity contribution in [3.05, 3.63) is 34.5 Å². The van der Waals surface area contributed by atoms with Gasteiger partial charge in [-0.05, 0) is 24.6 Å². The molecule has 0 aliphatic carbocycles. The fourth-order valence-corrected chi connectivity index (χ4v) is 2.70. The summed E-state index contributed by atoms with van der Waals surface area (Å²) in [6, 6.07) is 3.14. The Morgan fingerprint density at radius 1 is 1.50 bits per heavy atom. The van der Waals surface area contributed by atoms with E-state index >= 15 is 0 Å². The van der Waals surface area contributed by atoms with Crippen molar-refractivity contribution in [2.45, 2.75) is 19.4 Å². The molecule has 0 fully saturated rings. The van der Waals surface area contributed by atoms with Crippen molar-refractivity contribution in [3.63, 3.8) is 0 Å². The van der Waals surface area contributed by atoms with Crippen LogP contribution in [-0.2, 0) is 13.5 Å². The lowest BCUT2D eigenvalue weighted by Crippen LogP contribution is -2.32. The Kier molecular flexibility index (Phi) is 3.89.